The second kappa shape index (κ2) is 5.94. The smallest absolute Gasteiger partial charge is 0.233 e. The van der Waals surface area contributed by atoms with Gasteiger partial charge in [-0.05, 0) is 29.2 Å². The van der Waals surface area contributed by atoms with E-state index in [0.717, 1.165) is 26.0 Å². The van der Waals surface area contributed by atoms with Crippen LogP contribution in [0.15, 0.2) is 42.5 Å². The molecule has 0 aliphatic carbocycles. The number of fused-ring (bicyclic) bond motifs is 1. The quantitative estimate of drug-likeness (QED) is 0.867. The van der Waals surface area contributed by atoms with Crippen LogP contribution in [0.4, 0.5) is 0 Å². The number of nitrogens with zero attached hydrogens (tertiary/aromatic N) is 1. The summed E-state index contributed by atoms with van der Waals surface area (Å²) in [7, 11) is 0. The zero-order chi connectivity index (χ0) is 14.9. The van der Waals surface area contributed by atoms with Gasteiger partial charge in [-0.2, -0.15) is 0 Å². The monoisotopic (exact) mass is 313 g/mol. The topological polar surface area (TPSA) is 29.5 Å². The molecule has 2 aromatic rings. The van der Waals surface area contributed by atoms with Crippen molar-refractivity contribution in [2.24, 2.45) is 0 Å². The van der Waals surface area contributed by atoms with Crippen LogP contribution in [0, 0.1) is 0 Å². The molecule has 2 aliphatic rings. The molecule has 2 saturated heterocycles. The normalized spacial score (nSPS) is 25.3. The maximum absolute atomic E-state index is 12.3. The molecule has 4 rings (SSSR count). The van der Waals surface area contributed by atoms with Crippen molar-refractivity contribution in [3.63, 3.8) is 0 Å². The number of hydrogen-bond donors (Lipinski definition) is 0. The van der Waals surface area contributed by atoms with Gasteiger partial charge in [0.15, 0.2) is 0 Å². The number of carbonyl (C=O) groups excluding carboxylic acids is 1. The lowest BCUT2D eigenvalue weighted by Crippen LogP contribution is -2.35. The van der Waals surface area contributed by atoms with Gasteiger partial charge in [-0.15, -0.1) is 11.8 Å². The maximum Gasteiger partial charge on any atom is 0.233 e. The summed E-state index contributed by atoms with van der Waals surface area (Å²) in [6.45, 7) is 1.55. The SMILES string of the molecule is O=C1CSC(c2cccc3ccccc23)N1CC1CCCO1. The Hall–Kier alpha value is -1.52. The lowest BCUT2D eigenvalue weighted by molar-refractivity contribution is -0.129. The van der Waals surface area contributed by atoms with Crippen LogP contribution in [0.25, 0.3) is 10.8 Å². The van der Waals surface area contributed by atoms with Crippen LogP contribution in [0.1, 0.15) is 23.8 Å². The van der Waals surface area contributed by atoms with E-state index in [2.05, 4.69) is 42.5 Å². The molecule has 0 bridgehead atoms. The van der Waals surface area contributed by atoms with Gasteiger partial charge in [-0.3, -0.25) is 4.79 Å². The predicted octanol–water partition coefficient (Wildman–Crippen LogP) is 3.59. The molecule has 2 atom stereocenters. The molecule has 1 amide bonds. The Morgan fingerprint density at radius 2 is 2.05 bits per heavy atom. The van der Waals surface area contributed by atoms with E-state index in [4.69, 9.17) is 4.74 Å². The van der Waals surface area contributed by atoms with Gasteiger partial charge in [0.2, 0.25) is 5.91 Å². The summed E-state index contributed by atoms with van der Waals surface area (Å²) >= 11 is 1.73. The first kappa shape index (κ1) is 14.1. The first-order valence-electron chi connectivity index (χ1n) is 7.83. The molecule has 2 aromatic carbocycles. The Bertz CT molecular complexity index is 691. The number of hydrogen-bond acceptors (Lipinski definition) is 3. The lowest BCUT2D eigenvalue weighted by atomic mass is 10.0. The minimum atomic E-state index is 0.114. The van der Waals surface area contributed by atoms with E-state index in [1.807, 2.05) is 4.90 Å². The Balaban J connectivity index is 1.68. The van der Waals surface area contributed by atoms with Crippen molar-refractivity contribution in [2.75, 3.05) is 18.9 Å². The number of rotatable bonds is 3. The summed E-state index contributed by atoms with van der Waals surface area (Å²) in [5.74, 6) is 0.805. The largest absolute Gasteiger partial charge is 0.376 e. The molecule has 0 radical (unpaired) electrons. The van der Waals surface area contributed by atoms with Crippen molar-refractivity contribution in [1.82, 2.24) is 4.90 Å². The van der Waals surface area contributed by atoms with Crippen molar-refractivity contribution < 1.29 is 9.53 Å². The summed E-state index contributed by atoms with van der Waals surface area (Å²) < 4.78 is 5.73. The Kier molecular flexibility index (Phi) is 3.80. The second-order valence-electron chi connectivity index (χ2n) is 5.91. The Labute approximate surface area is 134 Å². The Morgan fingerprint density at radius 1 is 1.18 bits per heavy atom. The van der Waals surface area contributed by atoms with Crippen molar-refractivity contribution in [3.05, 3.63) is 48.0 Å². The van der Waals surface area contributed by atoms with Crippen LogP contribution in [-0.4, -0.2) is 35.8 Å². The van der Waals surface area contributed by atoms with Gasteiger partial charge < -0.3 is 9.64 Å². The fourth-order valence-electron chi connectivity index (χ4n) is 3.38. The summed E-state index contributed by atoms with van der Waals surface area (Å²) in [6, 6.07) is 14.8. The molecule has 2 fully saturated rings. The first-order valence-corrected chi connectivity index (χ1v) is 8.88. The molecule has 2 heterocycles. The van der Waals surface area contributed by atoms with Gasteiger partial charge in [0, 0.05) is 13.2 Å². The van der Waals surface area contributed by atoms with Crippen LogP contribution in [0.3, 0.4) is 0 Å². The molecule has 4 heteroatoms. The molecule has 0 saturated carbocycles. The summed E-state index contributed by atoms with van der Waals surface area (Å²) in [4.78, 5) is 14.3. The van der Waals surface area contributed by atoms with Gasteiger partial charge in [0.25, 0.3) is 0 Å². The highest BCUT2D eigenvalue weighted by atomic mass is 32.2. The van der Waals surface area contributed by atoms with Gasteiger partial charge >= 0.3 is 0 Å². The summed E-state index contributed by atoms with van der Waals surface area (Å²) in [5.41, 5.74) is 1.24. The highest BCUT2D eigenvalue weighted by Gasteiger charge is 2.35. The first-order chi connectivity index (χ1) is 10.8. The van der Waals surface area contributed by atoms with Crippen LogP contribution >= 0.6 is 11.8 Å². The van der Waals surface area contributed by atoms with Crippen molar-refractivity contribution in [1.29, 1.82) is 0 Å². The Morgan fingerprint density at radius 3 is 2.91 bits per heavy atom. The van der Waals surface area contributed by atoms with Crippen LogP contribution in [0.5, 0.6) is 0 Å². The van der Waals surface area contributed by atoms with E-state index in [-0.39, 0.29) is 17.4 Å². The minimum Gasteiger partial charge on any atom is -0.376 e. The van der Waals surface area contributed by atoms with Crippen molar-refractivity contribution in [3.8, 4) is 0 Å². The molecule has 2 unspecified atom stereocenters. The lowest BCUT2D eigenvalue weighted by Gasteiger charge is -2.27. The van der Waals surface area contributed by atoms with Gasteiger partial charge in [0.05, 0.1) is 11.9 Å². The van der Waals surface area contributed by atoms with Crippen molar-refractivity contribution in [2.45, 2.75) is 24.3 Å². The molecule has 22 heavy (non-hydrogen) atoms. The zero-order valence-corrected chi connectivity index (χ0v) is 13.2. The molecule has 0 N–H and O–H groups in total. The van der Waals surface area contributed by atoms with Gasteiger partial charge in [-0.1, -0.05) is 42.5 Å². The molecule has 2 aliphatic heterocycles. The number of ether oxygens (including phenoxy) is 1. The highest BCUT2D eigenvalue weighted by molar-refractivity contribution is 8.00. The molecule has 3 nitrogen and oxygen atoms in total. The molecular formula is C18H19NO2S. The van der Waals surface area contributed by atoms with E-state index in [1.165, 1.54) is 16.3 Å². The third-order valence-corrected chi connectivity index (χ3v) is 5.72. The second-order valence-corrected chi connectivity index (χ2v) is 6.98. The van der Waals surface area contributed by atoms with E-state index in [0.29, 0.717) is 5.75 Å². The fourth-order valence-corrected chi connectivity index (χ4v) is 4.62. The van der Waals surface area contributed by atoms with E-state index < -0.39 is 0 Å². The third-order valence-electron chi connectivity index (χ3n) is 4.48. The standard InChI is InChI=1S/C18H19NO2S/c20-17-12-22-18(19(17)11-14-7-4-10-21-14)16-9-3-6-13-5-1-2-8-15(13)16/h1-3,5-6,8-9,14,18H,4,7,10-12H2. The average molecular weight is 313 g/mol. The van der Waals surface area contributed by atoms with E-state index in [9.17, 15) is 4.79 Å². The predicted molar refractivity (Wildman–Crippen MR) is 89.8 cm³/mol. The average Bonchev–Trinajstić information content (AvgIpc) is 3.18. The molecule has 114 valence electrons. The number of benzene rings is 2. The van der Waals surface area contributed by atoms with E-state index in [1.54, 1.807) is 11.8 Å². The van der Waals surface area contributed by atoms with Crippen LogP contribution in [-0.2, 0) is 9.53 Å². The molecule has 0 aromatic heterocycles. The van der Waals surface area contributed by atoms with Crippen LogP contribution in [0.2, 0.25) is 0 Å². The minimum absolute atomic E-state index is 0.114. The maximum atomic E-state index is 12.3. The summed E-state index contributed by atoms with van der Waals surface area (Å²) in [6.07, 6.45) is 2.38. The molecule has 0 spiro atoms. The zero-order valence-electron chi connectivity index (χ0n) is 12.4. The van der Waals surface area contributed by atoms with Gasteiger partial charge in [0.1, 0.15) is 5.37 Å². The third kappa shape index (κ3) is 2.50. The molecular weight excluding hydrogens is 294 g/mol. The van der Waals surface area contributed by atoms with Crippen LogP contribution < -0.4 is 0 Å². The van der Waals surface area contributed by atoms with Gasteiger partial charge in [-0.25, -0.2) is 0 Å². The fraction of sp³-hybridized carbons (Fsp3) is 0.389. The number of carbonyl (C=O) groups is 1. The number of amides is 1. The highest BCUT2D eigenvalue weighted by Crippen LogP contribution is 2.41. The number of thioether (sulfide) groups is 1. The summed E-state index contributed by atoms with van der Waals surface area (Å²) in [5, 5.41) is 2.59. The van der Waals surface area contributed by atoms with E-state index >= 15 is 0 Å². The van der Waals surface area contributed by atoms with Crippen molar-refractivity contribution >= 4 is 28.4 Å².